The zero-order valence-corrected chi connectivity index (χ0v) is 11.0. The van der Waals surface area contributed by atoms with Crippen LogP contribution in [0, 0.1) is 5.82 Å². The molecule has 100 valence electrons. The highest BCUT2D eigenvalue weighted by atomic mass is 19.1. The van der Waals surface area contributed by atoms with Gasteiger partial charge in [0.1, 0.15) is 11.6 Å². The third kappa shape index (κ3) is 2.51. The molecule has 2 rings (SSSR count). The monoisotopic (exact) mass is 253 g/mol. The summed E-state index contributed by atoms with van der Waals surface area (Å²) in [5, 5.41) is 3.42. The molecule has 1 aromatic rings. The van der Waals surface area contributed by atoms with Crippen LogP contribution in [0.15, 0.2) is 12.1 Å². The van der Waals surface area contributed by atoms with Gasteiger partial charge in [0.05, 0.1) is 18.5 Å². The predicted octanol–water partition coefficient (Wildman–Crippen LogP) is 1.60. The molecule has 5 heteroatoms. The average Bonchev–Trinajstić information content (AvgIpc) is 2.30. The number of ether oxygens (including phenoxy) is 1. The van der Waals surface area contributed by atoms with Crippen molar-refractivity contribution < 1.29 is 9.13 Å². The number of benzene rings is 1. The summed E-state index contributed by atoms with van der Waals surface area (Å²) in [4.78, 5) is 2.02. The van der Waals surface area contributed by atoms with Crippen molar-refractivity contribution in [3.05, 3.63) is 17.9 Å². The van der Waals surface area contributed by atoms with E-state index in [0.29, 0.717) is 29.2 Å². The number of nitrogens with two attached hydrogens (primary N) is 1. The Morgan fingerprint density at radius 3 is 2.50 bits per heavy atom. The summed E-state index contributed by atoms with van der Waals surface area (Å²) >= 11 is 0. The van der Waals surface area contributed by atoms with E-state index in [1.54, 1.807) is 6.07 Å². The Labute approximate surface area is 107 Å². The van der Waals surface area contributed by atoms with E-state index in [0.717, 1.165) is 13.1 Å². The number of nitrogen functional groups attached to an aromatic ring is 1. The van der Waals surface area contributed by atoms with Crippen LogP contribution in [0.4, 0.5) is 15.8 Å². The summed E-state index contributed by atoms with van der Waals surface area (Å²) in [7, 11) is 1.49. The molecule has 0 aromatic heterocycles. The molecule has 0 saturated carbocycles. The van der Waals surface area contributed by atoms with Gasteiger partial charge in [0.2, 0.25) is 0 Å². The van der Waals surface area contributed by atoms with E-state index in [-0.39, 0.29) is 5.82 Å². The number of nitrogens with zero attached hydrogens (tertiary/aromatic N) is 1. The number of hydrogen-bond acceptors (Lipinski definition) is 4. The van der Waals surface area contributed by atoms with Gasteiger partial charge in [-0.05, 0) is 19.9 Å². The van der Waals surface area contributed by atoms with Gasteiger partial charge < -0.3 is 20.7 Å². The molecular weight excluding hydrogens is 233 g/mol. The van der Waals surface area contributed by atoms with Gasteiger partial charge in [-0.2, -0.15) is 0 Å². The van der Waals surface area contributed by atoms with Crippen molar-refractivity contribution in [1.29, 1.82) is 0 Å². The predicted molar refractivity (Wildman–Crippen MR) is 71.6 cm³/mol. The van der Waals surface area contributed by atoms with Gasteiger partial charge in [-0.15, -0.1) is 0 Å². The van der Waals surface area contributed by atoms with Crippen LogP contribution in [-0.2, 0) is 0 Å². The number of hydrogen-bond donors (Lipinski definition) is 2. The SMILES string of the molecule is COc1cc(F)c(N2CC(C)NC(C)C2)cc1N. The number of piperazine rings is 1. The van der Waals surface area contributed by atoms with Crippen LogP contribution in [0.5, 0.6) is 5.75 Å². The molecule has 4 nitrogen and oxygen atoms in total. The fourth-order valence-corrected chi connectivity index (χ4v) is 2.50. The molecule has 0 spiro atoms. The van der Waals surface area contributed by atoms with Crippen LogP contribution in [0.2, 0.25) is 0 Å². The van der Waals surface area contributed by atoms with Crippen molar-refractivity contribution in [2.45, 2.75) is 25.9 Å². The number of methoxy groups -OCH3 is 1. The molecule has 1 saturated heterocycles. The van der Waals surface area contributed by atoms with Gasteiger partial charge in [0.15, 0.2) is 0 Å². The minimum Gasteiger partial charge on any atom is -0.494 e. The van der Waals surface area contributed by atoms with Crippen molar-refractivity contribution in [2.24, 2.45) is 0 Å². The minimum atomic E-state index is -0.289. The van der Waals surface area contributed by atoms with E-state index < -0.39 is 0 Å². The van der Waals surface area contributed by atoms with Crippen molar-refractivity contribution in [1.82, 2.24) is 5.32 Å². The Bertz CT molecular complexity index is 428. The third-order valence-electron chi connectivity index (χ3n) is 3.20. The van der Waals surface area contributed by atoms with E-state index in [4.69, 9.17) is 10.5 Å². The molecule has 1 aromatic carbocycles. The fraction of sp³-hybridized carbons (Fsp3) is 0.538. The quantitative estimate of drug-likeness (QED) is 0.786. The molecule has 2 unspecified atom stereocenters. The Morgan fingerprint density at radius 1 is 1.33 bits per heavy atom. The highest BCUT2D eigenvalue weighted by molar-refractivity contribution is 5.64. The van der Waals surface area contributed by atoms with Crippen molar-refractivity contribution in [2.75, 3.05) is 30.8 Å². The lowest BCUT2D eigenvalue weighted by atomic mass is 10.1. The fourth-order valence-electron chi connectivity index (χ4n) is 2.50. The Morgan fingerprint density at radius 2 is 1.94 bits per heavy atom. The molecular formula is C13H20FN3O. The van der Waals surface area contributed by atoms with Gasteiger partial charge in [-0.25, -0.2) is 4.39 Å². The van der Waals surface area contributed by atoms with Crippen LogP contribution < -0.4 is 20.7 Å². The van der Waals surface area contributed by atoms with Crippen LogP contribution in [0.25, 0.3) is 0 Å². The molecule has 2 atom stereocenters. The van der Waals surface area contributed by atoms with Crippen molar-refractivity contribution >= 4 is 11.4 Å². The van der Waals surface area contributed by atoms with Crippen molar-refractivity contribution in [3.8, 4) is 5.75 Å². The first kappa shape index (κ1) is 13.0. The largest absolute Gasteiger partial charge is 0.494 e. The maximum atomic E-state index is 14.1. The maximum Gasteiger partial charge on any atom is 0.150 e. The zero-order chi connectivity index (χ0) is 13.3. The molecule has 1 aliphatic heterocycles. The summed E-state index contributed by atoms with van der Waals surface area (Å²) in [5.41, 5.74) is 6.86. The second kappa shape index (κ2) is 5.02. The van der Waals surface area contributed by atoms with Crippen LogP contribution in [-0.4, -0.2) is 32.3 Å². The molecule has 3 N–H and O–H groups in total. The number of anilines is 2. The van der Waals surface area contributed by atoms with Crippen LogP contribution in [0.1, 0.15) is 13.8 Å². The van der Waals surface area contributed by atoms with Crippen molar-refractivity contribution in [3.63, 3.8) is 0 Å². The average molecular weight is 253 g/mol. The van der Waals surface area contributed by atoms with E-state index in [9.17, 15) is 4.39 Å². The zero-order valence-electron chi connectivity index (χ0n) is 11.0. The number of rotatable bonds is 2. The van der Waals surface area contributed by atoms with E-state index >= 15 is 0 Å². The first-order valence-electron chi connectivity index (χ1n) is 6.15. The molecule has 1 fully saturated rings. The first-order valence-corrected chi connectivity index (χ1v) is 6.15. The summed E-state index contributed by atoms with van der Waals surface area (Å²) in [6, 6.07) is 3.66. The molecule has 0 amide bonds. The minimum absolute atomic E-state index is 0.289. The molecule has 18 heavy (non-hydrogen) atoms. The lowest BCUT2D eigenvalue weighted by Crippen LogP contribution is -2.54. The third-order valence-corrected chi connectivity index (χ3v) is 3.20. The summed E-state index contributed by atoms with van der Waals surface area (Å²) in [6.07, 6.45) is 0. The van der Waals surface area contributed by atoms with Crippen LogP contribution in [0.3, 0.4) is 0 Å². The van der Waals surface area contributed by atoms with E-state index in [1.165, 1.54) is 13.2 Å². The second-order valence-electron chi connectivity index (χ2n) is 4.92. The van der Waals surface area contributed by atoms with Gasteiger partial charge in [-0.3, -0.25) is 0 Å². The molecule has 1 heterocycles. The van der Waals surface area contributed by atoms with Crippen LogP contribution >= 0.6 is 0 Å². The highest BCUT2D eigenvalue weighted by Gasteiger charge is 2.23. The molecule has 0 aliphatic carbocycles. The number of nitrogens with one attached hydrogen (secondary N) is 1. The summed E-state index contributed by atoms with van der Waals surface area (Å²) in [6.45, 7) is 5.72. The second-order valence-corrected chi connectivity index (χ2v) is 4.92. The molecule has 0 radical (unpaired) electrons. The Hall–Kier alpha value is -1.49. The normalized spacial score (nSPS) is 24.1. The van der Waals surface area contributed by atoms with Gasteiger partial charge in [0, 0.05) is 31.2 Å². The summed E-state index contributed by atoms with van der Waals surface area (Å²) in [5.74, 6) is 0.0924. The maximum absolute atomic E-state index is 14.1. The Kier molecular flexibility index (Phi) is 3.61. The lowest BCUT2D eigenvalue weighted by molar-refractivity contribution is 0.401. The Balaban J connectivity index is 2.30. The van der Waals surface area contributed by atoms with E-state index in [1.807, 2.05) is 4.90 Å². The molecule has 1 aliphatic rings. The smallest absolute Gasteiger partial charge is 0.150 e. The molecule has 0 bridgehead atoms. The standard InChI is InChI=1S/C13H20FN3O/c1-8-6-17(7-9(2)16-8)12-5-11(15)13(18-3)4-10(12)14/h4-5,8-9,16H,6-7,15H2,1-3H3. The van der Waals surface area contributed by atoms with Gasteiger partial charge in [-0.1, -0.05) is 0 Å². The highest BCUT2D eigenvalue weighted by Crippen LogP contribution is 2.31. The van der Waals surface area contributed by atoms with Gasteiger partial charge in [0.25, 0.3) is 0 Å². The van der Waals surface area contributed by atoms with E-state index in [2.05, 4.69) is 19.2 Å². The van der Waals surface area contributed by atoms with Gasteiger partial charge >= 0.3 is 0 Å². The number of halogens is 1. The topological polar surface area (TPSA) is 50.5 Å². The summed E-state index contributed by atoms with van der Waals surface area (Å²) < 4.78 is 19.1. The lowest BCUT2D eigenvalue weighted by Gasteiger charge is -2.37. The first-order chi connectivity index (χ1) is 8.51.